The molecule has 0 spiro atoms. The molecule has 0 unspecified atom stereocenters. The van der Waals surface area contributed by atoms with Gasteiger partial charge in [0.25, 0.3) is 0 Å². The largest absolute Gasteiger partial charge is 0.480 e. The Labute approximate surface area is 400 Å². The van der Waals surface area contributed by atoms with Gasteiger partial charge >= 0.3 is 41.5 Å². The summed E-state index contributed by atoms with van der Waals surface area (Å²) in [6.45, 7) is 21.4. The molecule has 23 heteroatoms. The number of hydrogen-bond acceptors (Lipinski definition) is 15. The molecule has 2 aliphatic rings. The molecule has 0 saturated carbocycles. The van der Waals surface area contributed by atoms with Gasteiger partial charge in [0.05, 0.1) is 18.9 Å². The number of carboxylic acid groups (broad SMARTS) is 1. The van der Waals surface area contributed by atoms with E-state index >= 15 is 0 Å². The third-order valence-corrected chi connectivity index (χ3v) is 9.62. The van der Waals surface area contributed by atoms with Gasteiger partial charge in [-0.15, -0.1) is 0 Å². The summed E-state index contributed by atoms with van der Waals surface area (Å²) in [6.07, 6.45) is -1.21. The normalized spacial score (nSPS) is 18.2. The number of esters is 2. The van der Waals surface area contributed by atoms with E-state index in [4.69, 9.17) is 29.8 Å². The average Bonchev–Trinajstić information content (AvgIpc) is 3.74. The van der Waals surface area contributed by atoms with Gasteiger partial charge < -0.3 is 67.0 Å². The number of nitrogens with two attached hydrogens (primary N) is 1. The fourth-order valence-electron chi connectivity index (χ4n) is 6.33. The lowest BCUT2D eigenvalue weighted by Gasteiger charge is -2.24. The topological polar surface area (TPSA) is 338 Å². The summed E-state index contributed by atoms with van der Waals surface area (Å²) in [7, 11) is 0. The molecule has 380 valence electrons. The summed E-state index contributed by atoms with van der Waals surface area (Å²) in [5, 5.41) is 26.1. The lowest BCUT2D eigenvalue weighted by Crippen LogP contribution is -2.52. The second-order valence-corrected chi connectivity index (χ2v) is 17.8. The number of nitrogens with one attached hydrogen (secondary N) is 7. The van der Waals surface area contributed by atoms with Crippen LogP contribution in [0.3, 0.4) is 0 Å². The van der Waals surface area contributed by atoms with Crippen molar-refractivity contribution >= 4 is 82.0 Å². The maximum absolute atomic E-state index is 12.6. The molecular formula is C46H66N8O15. The van der Waals surface area contributed by atoms with Gasteiger partial charge in [0.2, 0.25) is 30.3 Å². The molecular weight excluding hydrogens is 905 g/mol. The first-order valence-corrected chi connectivity index (χ1v) is 22.0. The molecule has 0 radical (unpaired) electrons. The van der Waals surface area contributed by atoms with E-state index in [1.54, 1.807) is 43.3 Å². The predicted octanol–water partition coefficient (Wildman–Crippen LogP) is 2.27. The SMILES string of the molecule is CC(=O)Nc1ccc(C(C)(C)C)c(NC(=O)C(=O)N[C@@H](C)C(=O)O)c1.CCO[C@@H]1OC(=O)C[C@@H]1N.CCO[C@@H]1OC(=O)C[C@@H]1NC(=O)[C@H](C)NC(=O)C(=O)Nc1cc(NC(C)=O)ccc1C(C)(C)C. The summed E-state index contributed by atoms with van der Waals surface area (Å²) in [5.41, 5.74) is 7.95. The van der Waals surface area contributed by atoms with Gasteiger partial charge in [-0.1, -0.05) is 53.7 Å². The molecule has 2 fully saturated rings. The number of hydrogen-bond donors (Lipinski definition) is 9. The van der Waals surface area contributed by atoms with Crippen LogP contribution < -0.4 is 43.0 Å². The number of cyclic esters (lactones) is 2. The number of carboxylic acids is 1. The van der Waals surface area contributed by atoms with Crippen molar-refractivity contribution in [2.75, 3.05) is 34.5 Å². The van der Waals surface area contributed by atoms with Crippen LogP contribution in [0.15, 0.2) is 36.4 Å². The highest BCUT2D eigenvalue weighted by molar-refractivity contribution is 6.40. The Bertz CT molecular complexity index is 2240. The van der Waals surface area contributed by atoms with Crippen LogP contribution in [0.25, 0.3) is 0 Å². The minimum Gasteiger partial charge on any atom is -0.480 e. The highest BCUT2D eigenvalue weighted by Gasteiger charge is 2.38. The van der Waals surface area contributed by atoms with Gasteiger partial charge in [0.15, 0.2) is 0 Å². The Morgan fingerprint density at radius 3 is 1.43 bits per heavy atom. The van der Waals surface area contributed by atoms with Gasteiger partial charge in [-0.2, -0.15) is 0 Å². The van der Waals surface area contributed by atoms with Crippen molar-refractivity contribution in [2.24, 2.45) is 5.73 Å². The molecule has 2 aromatic rings. The highest BCUT2D eigenvalue weighted by Crippen LogP contribution is 2.33. The zero-order valence-corrected chi connectivity index (χ0v) is 41.0. The van der Waals surface area contributed by atoms with E-state index in [-0.39, 0.29) is 54.1 Å². The van der Waals surface area contributed by atoms with E-state index in [2.05, 4.69) is 37.2 Å². The smallest absolute Gasteiger partial charge is 0.325 e. The maximum Gasteiger partial charge on any atom is 0.325 e. The molecule has 2 aliphatic heterocycles. The molecule has 69 heavy (non-hydrogen) atoms. The number of carbonyl (C=O) groups is 10. The quantitative estimate of drug-likeness (QED) is 0.103. The van der Waals surface area contributed by atoms with Crippen LogP contribution in [0.4, 0.5) is 22.7 Å². The third kappa shape index (κ3) is 19.3. The van der Waals surface area contributed by atoms with Crippen molar-refractivity contribution in [3.8, 4) is 0 Å². The first-order chi connectivity index (χ1) is 32.0. The van der Waals surface area contributed by atoms with E-state index in [0.717, 1.165) is 11.1 Å². The van der Waals surface area contributed by atoms with Crippen molar-refractivity contribution in [3.05, 3.63) is 47.5 Å². The molecule has 4 rings (SSSR count). The van der Waals surface area contributed by atoms with Crippen LogP contribution in [-0.4, -0.2) is 114 Å². The number of anilines is 4. The van der Waals surface area contributed by atoms with Gasteiger partial charge in [-0.3, -0.25) is 47.9 Å². The number of ether oxygens (including phenoxy) is 4. The molecule has 23 nitrogen and oxygen atoms in total. The Hall–Kier alpha value is -6.98. The molecule has 7 amide bonds. The number of benzene rings is 2. The molecule has 0 bridgehead atoms. The standard InChI is InChI=1S/C23H32N4O7.C17H23N3O5.C6H11NO3/c1-7-33-22-17(11-18(29)34-22)27-19(30)12(2)24-20(31)21(32)26-16-10-14(25-13(3)28)8-9-15(16)23(4,5)6;1-9(16(24)25)18-14(22)15(23)20-13-8-11(19-10(2)21)6-7-12(13)17(3,4)5;1-2-9-6-4(7)3-5(8)10-6/h8-10,12,17,22H,7,11H2,1-6H3,(H,24,31)(H,25,28)(H,26,32)(H,27,30);6-9H,1-5H3,(H,18,22)(H,19,21)(H,20,23)(H,24,25);4,6H,2-3,7H2,1H3/t12-,17-,22+;9-;4-,6+/m000/s1. The monoisotopic (exact) mass is 970 g/mol. The number of aliphatic carboxylic acids is 1. The molecule has 2 saturated heterocycles. The van der Waals surface area contributed by atoms with Gasteiger partial charge in [0.1, 0.15) is 18.1 Å². The Morgan fingerprint density at radius 1 is 0.652 bits per heavy atom. The zero-order valence-electron chi connectivity index (χ0n) is 41.0. The minimum absolute atomic E-state index is 0.0578. The van der Waals surface area contributed by atoms with E-state index in [1.165, 1.54) is 27.7 Å². The Balaban J connectivity index is 0.000000405. The molecule has 2 aromatic carbocycles. The summed E-state index contributed by atoms with van der Waals surface area (Å²) in [6, 6.07) is 6.79. The van der Waals surface area contributed by atoms with Gasteiger partial charge in [-0.05, 0) is 73.9 Å². The Kier molecular flexibility index (Phi) is 21.9. The van der Waals surface area contributed by atoms with Crippen LogP contribution in [0.1, 0.15) is 107 Å². The van der Waals surface area contributed by atoms with E-state index in [0.29, 0.717) is 29.4 Å². The summed E-state index contributed by atoms with van der Waals surface area (Å²) in [5.74, 6) is -7.21. The van der Waals surface area contributed by atoms with Crippen LogP contribution >= 0.6 is 0 Å². The number of rotatable bonds is 13. The van der Waals surface area contributed by atoms with Crippen LogP contribution in [0.5, 0.6) is 0 Å². The average molecular weight is 971 g/mol. The van der Waals surface area contributed by atoms with Crippen molar-refractivity contribution in [3.63, 3.8) is 0 Å². The van der Waals surface area contributed by atoms with E-state index in [9.17, 15) is 47.9 Å². The van der Waals surface area contributed by atoms with Gasteiger partial charge in [0, 0.05) is 49.8 Å². The first kappa shape index (κ1) is 58.1. The summed E-state index contributed by atoms with van der Waals surface area (Å²) in [4.78, 5) is 117. The first-order valence-electron chi connectivity index (χ1n) is 22.0. The van der Waals surface area contributed by atoms with Crippen molar-refractivity contribution < 1.29 is 72.0 Å². The zero-order chi connectivity index (χ0) is 52.6. The molecule has 10 N–H and O–H groups in total. The fraction of sp³-hybridized carbons (Fsp3) is 0.522. The predicted molar refractivity (Wildman–Crippen MR) is 251 cm³/mol. The molecule has 2 heterocycles. The van der Waals surface area contributed by atoms with Crippen molar-refractivity contribution in [2.45, 2.75) is 144 Å². The van der Waals surface area contributed by atoms with Crippen LogP contribution in [0, 0.1) is 0 Å². The summed E-state index contributed by atoms with van der Waals surface area (Å²) >= 11 is 0. The van der Waals surface area contributed by atoms with Crippen molar-refractivity contribution in [1.29, 1.82) is 0 Å². The second kappa shape index (κ2) is 26.0. The van der Waals surface area contributed by atoms with E-state index < -0.39 is 72.2 Å². The van der Waals surface area contributed by atoms with Crippen molar-refractivity contribution in [1.82, 2.24) is 16.0 Å². The maximum atomic E-state index is 12.6. The van der Waals surface area contributed by atoms with E-state index in [1.807, 2.05) is 48.5 Å². The second-order valence-electron chi connectivity index (χ2n) is 17.8. The molecule has 0 aliphatic carbocycles. The third-order valence-electron chi connectivity index (χ3n) is 9.62. The lowest BCUT2D eigenvalue weighted by molar-refractivity contribution is -0.165. The lowest BCUT2D eigenvalue weighted by atomic mass is 9.85. The fourth-order valence-corrected chi connectivity index (χ4v) is 6.33. The Morgan fingerprint density at radius 2 is 1.06 bits per heavy atom. The number of amides is 7. The highest BCUT2D eigenvalue weighted by atomic mass is 16.7. The van der Waals surface area contributed by atoms with Crippen LogP contribution in [0.2, 0.25) is 0 Å². The summed E-state index contributed by atoms with van der Waals surface area (Å²) < 4.78 is 20.0. The molecule has 0 aromatic heterocycles. The number of carbonyl (C=O) groups excluding carboxylic acids is 9. The van der Waals surface area contributed by atoms with Gasteiger partial charge in [-0.25, -0.2) is 0 Å². The minimum atomic E-state index is -1.25. The molecule has 6 atom stereocenters. The van der Waals surface area contributed by atoms with Crippen LogP contribution in [-0.2, 0) is 77.7 Å².